The molecule has 0 bridgehead atoms. The molecular weight excluding hydrogens is 417 g/mol. The maximum Gasteiger partial charge on any atom is 0.191 e. The minimum Gasteiger partial charge on any atom is -0.496 e. The Morgan fingerprint density at radius 1 is 1.17 bits per heavy atom. The fourth-order valence-electron chi connectivity index (χ4n) is 2.19. The summed E-state index contributed by atoms with van der Waals surface area (Å²) >= 11 is 0. The van der Waals surface area contributed by atoms with Gasteiger partial charge >= 0.3 is 0 Å². The molecule has 6 heteroatoms. The molecule has 0 aliphatic carbocycles. The Kier molecular flexibility index (Phi) is 13.7. The lowest BCUT2D eigenvalue weighted by molar-refractivity contribution is 0.129. The standard InChI is InChI=1S/C18H31N3O2.HI/c1-5-6-11-23-12-7-10-20-18(19-3)21-14-16-8-9-17(22-4)15(2)13-16;/h8-9,13H,5-7,10-12,14H2,1-4H3,(H2,19,20,21);1H. The largest absolute Gasteiger partial charge is 0.496 e. The van der Waals surface area contributed by atoms with Gasteiger partial charge in [0.15, 0.2) is 5.96 Å². The van der Waals surface area contributed by atoms with Crippen molar-refractivity contribution in [3.63, 3.8) is 0 Å². The van der Waals surface area contributed by atoms with Gasteiger partial charge in [0.05, 0.1) is 7.11 Å². The molecule has 138 valence electrons. The van der Waals surface area contributed by atoms with Crippen molar-refractivity contribution in [2.24, 2.45) is 4.99 Å². The van der Waals surface area contributed by atoms with Crippen molar-refractivity contribution in [1.82, 2.24) is 10.6 Å². The second-order valence-electron chi connectivity index (χ2n) is 5.48. The van der Waals surface area contributed by atoms with E-state index in [1.165, 1.54) is 12.0 Å². The number of guanidine groups is 1. The van der Waals surface area contributed by atoms with Gasteiger partial charge in [-0.05, 0) is 37.0 Å². The minimum absolute atomic E-state index is 0. The van der Waals surface area contributed by atoms with E-state index in [1.807, 2.05) is 13.0 Å². The number of ether oxygens (including phenoxy) is 2. The van der Waals surface area contributed by atoms with Gasteiger partial charge in [0.1, 0.15) is 5.75 Å². The molecule has 0 heterocycles. The number of hydrogen-bond acceptors (Lipinski definition) is 3. The van der Waals surface area contributed by atoms with E-state index >= 15 is 0 Å². The van der Waals surface area contributed by atoms with Gasteiger partial charge < -0.3 is 20.1 Å². The van der Waals surface area contributed by atoms with Crippen LogP contribution in [0.15, 0.2) is 23.2 Å². The van der Waals surface area contributed by atoms with Crippen molar-refractivity contribution < 1.29 is 9.47 Å². The summed E-state index contributed by atoms with van der Waals surface area (Å²) in [7, 11) is 3.48. The SMILES string of the molecule is CCCCOCCCNC(=NC)NCc1ccc(OC)c(C)c1.I. The number of aliphatic imine (C=N–C) groups is 1. The maximum atomic E-state index is 5.54. The van der Waals surface area contributed by atoms with E-state index < -0.39 is 0 Å². The molecule has 0 radical (unpaired) electrons. The van der Waals surface area contributed by atoms with E-state index in [2.05, 4.69) is 34.7 Å². The number of nitrogens with one attached hydrogen (secondary N) is 2. The highest BCUT2D eigenvalue weighted by Crippen LogP contribution is 2.18. The van der Waals surface area contributed by atoms with Gasteiger partial charge in [-0.2, -0.15) is 0 Å². The number of unbranched alkanes of at least 4 members (excludes halogenated alkanes) is 1. The summed E-state index contributed by atoms with van der Waals surface area (Å²) < 4.78 is 10.8. The van der Waals surface area contributed by atoms with Gasteiger partial charge in [-0.1, -0.05) is 25.5 Å². The van der Waals surface area contributed by atoms with Crippen LogP contribution in [-0.4, -0.2) is 39.9 Å². The Morgan fingerprint density at radius 3 is 2.54 bits per heavy atom. The summed E-state index contributed by atoms with van der Waals surface area (Å²) in [6, 6.07) is 6.19. The number of hydrogen-bond donors (Lipinski definition) is 2. The Hall–Kier alpha value is -1.02. The first-order valence-electron chi connectivity index (χ1n) is 8.37. The number of aryl methyl sites for hydroxylation is 1. The smallest absolute Gasteiger partial charge is 0.191 e. The molecule has 24 heavy (non-hydrogen) atoms. The van der Waals surface area contributed by atoms with Crippen LogP contribution in [0.1, 0.15) is 37.3 Å². The van der Waals surface area contributed by atoms with Crippen LogP contribution in [0.3, 0.4) is 0 Å². The highest BCUT2D eigenvalue weighted by Gasteiger charge is 2.02. The first-order chi connectivity index (χ1) is 11.2. The van der Waals surface area contributed by atoms with Crippen molar-refractivity contribution in [2.45, 2.75) is 39.7 Å². The fourth-order valence-corrected chi connectivity index (χ4v) is 2.19. The normalized spacial score (nSPS) is 10.9. The van der Waals surface area contributed by atoms with Crippen molar-refractivity contribution in [1.29, 1.82) is 0 Å². The van der Waals surface area contributed by atoms with E-state index in [4.69, 9.17) is 9.47 Å². The van der Waals surface area contributed by atoms with Crippen LogP contribution in [0.4, 0.5) is 0 Å². The van der Waals surface area contributed by atoms with E-state index in [0.29, 0.717) is 0 Å². The van der Waals surface area contributed by atoms with Gasteiger partial charge in [0, 0.05) is 33.4 Å². The molecule has 0 aromatic heterocycles. The molecule has 0 saturated carbocycles. The van der Waals surface area contributed by atoms with E-state index in [0.717, 1.165) is 56.4 Å². The molecule has 0 fully saturated rings. The third-order valence-corrected chi connectivity index (χ3v) is 3.54. The summed E-state index contributed by atoms with van der Waals surface area (Å²) in [6.07, 6.45) is 3.30. The zero-order valence-corrected chi connectivity index (χ0v) is 17.7. The van der Waals surface area contributed by atoms with Gasteiger partial charge in [-0.25, -0.2) is 0 Å². The maximum absolute atomic E-state index is 5.54. The van der Waals surface area contributed by atoms with Gasteiger partial charge in [0.25, 0.3) is 0 Å². The molecule has 0 atom stereocenters. The monoisotopic (exact) mass is 449 g/mol. The third-order valence-electron chi connectivity index (χ3n) is 3.54. The molecule has 0 spiro atoms. The second kappa shape index (κ2) is 14.3. The molecule has 0 aliphatic heterocycles. The Morgan fingerprint density at radius 2 is 1.92 bits per heavy atom. The topological polar surface area (TPSA) is 54.9 Å². The zero-order valence-electron chi connectivity index (χ0n) is 15.4. The third kappa shape index (κ3) is 9.32. The summed E-state index contributed by atoms with van der Waals surface area (Å²) in [5.74, 6) is 1.73. The van der Waals surface area contributed by atoms with Crippen LogP contribution < -0.4 is 15.4 Å². The van der Waals surface area contributed by atoms with Crippen molar-refractivity contribution in [2.75, 3.05) is 33.9 Å². The lowest BCUT2D eigenvalue weighted by Crippen LogP contribution is -2.37. The van der Waals surface area contributed by atoms with Gasteiger partial charge in [-0.15, -0.1) is 24.0 Å². The fraction of sp³-hybridized carbons (Fsp3) is 0.611. The summed E-state index contributed by atoms with van der Waals surface area (Å²) in [5.41, 5.74) is 2.34. The van der Waals surface area contributed by atoms with Crippen LogP contribution in [0, 0.1) is 6.92 Å². The molecule has 1 aromatic rings. The van der Waals surface area contributed by atoms with Crippen molar-refractivity contribution in [3.05, 3.63) is 29.3 Å². The number of rotatable bonds is 10. The number of benzene rings is 1. The van der Waals surface area contributed by atoms with Crippen LogP contribution in [0.5, 0.6) is 5.75 Å². The molecule has 1 rings (SSSR count). The van der Waals surface area contributed by atoms with Gasteiger partial charge in [-0.3, -0.25) is 4.99 Å². The summed E-state index contributed by atoms with van der Waals surface area (Å²) in [6.45, 7) is 7.46. The lowest BCUT2D eigenvalue weighted by Gasteiger charge is -2.13. The Balaban J connectivity index is 0.00000529. The molecule has 0 amide bonds. The first-order valence-corrected chi connectivity index (χ1v) is 8.37. The molecule has 1 aromatic carbocycles. The van der Waals surface area contributed by atoms with E-state index in [9.17, 15) is 0 Å². The van der Waals surface area contributed by atoms with Crippen LogP contribution in [-0.2, 0) is 11.3 Å². The van der Waals surface area contributed by atoms with Crippen LogP contribution >= 0.6 is 24.0 Å². The minimum atomic E-state index is 0. The molecule has 2 N–H and O–H groups in total. The molecule has 0 saturated heterocycles. The van der Waals surface area contributed by atoms with E-state index in [-0.39, 0.29) is 24.0 Å². The molecule has 0 unspecified atom stereocenters. The second-order valence-corrected chi connectivity index (χ2v) is 5.48. The Bertz CT molecular complexity index is 481. The predicted molar refractivity (Wildman–Crippen MR) is 112 cm³/mol. The first kappa shape index (κ1) is 23.0. The summed E-state index contributed by atoms with van der Waals surface area (Å²) in [4.78, 5) is 4.24. The van der Waals surface area contributed by atoms with E-state index in [1.54, 1.807) is 14.2 Å². The number of halogens is 1. The number of nitrogens with zero attached hydrogens (tertiary/aromatic N) is 1. The highest BCUT2D eigenvalue weighted by atomic mass is 127. The predicted octanol–water partition coefficient (Wildman–Crippen LogP) is 3.49. The van der Waals surface area contributed by atoms with Crippen molar-refractivity contribution >= 4 is 29.9 Å². The summed E-state index contributed by atoms with van der Waals surface area (Å²) in [5, 5.41) is 6.62. The van der Waals surface area contributed by atoms with Crippen LogP contribution in [0.25, 0.3) is 0 Å². The number of methoxy groups -OCH3 is 1. The van der Waals surface area contributed by atoms with Crippen molar-refractivity contribution in [3.8, 4) is 5.75 Å². The Labute approximate surface area is 163 Å². The lowest BCUT2D eigenvalue weighted by atomic mass is 10.1. The molecule has 5 nitrogen and oxygen atoms in total. The quantitative estimate of drug-likeness (QED) is 0.249. The van der Waals surface area contributed by atoms with Crippen LogP contribution in [0.2, 0.25) is 0 Å². The van der Waals surface area contributed by atoms with Gasteiger partial charge in [0.2, 0.25) is 0 Å². The average molecular weight is 449 g/mol. The molecule has 0 aliphatic rings. The average Bonchev–Trinajstić information content (AvgIpc) is 2.57. The molecular formula is C18H32IN3O2. The highest BCUT2D eigenvalue weighted by molar-refractivity contribution is 14.0. The zero-order chi connectivity index (χ0) is 16.9.